The summed E-state index contributed by atoms with van der Waals surface area (Å²) in [5, 5.41) is 6.25. The predicted molar refractivity (Wildman–Crippen MR) is 479 cm³/mol. The van der Waals surface area contributed by atoms with E-state index in [0.29, 0.717) is 88.6 Å². The molecule has 0 aliphatic rings. The smallest absolute Gasteiger partial charge is 0.512 e. The van der Waals surface area contributed by atoms with E-state index in [1.807, 2.05) is 78.9 Å². The Morgan fingerprint density at radius 2 is 0.618 bits per heavy atom. The molecule has 0 N–H and O–H groups in total. The van der Waals surface area contributed by atoms with Gasteiger partial charge in [-0.1, -0.05) is 320 Å². The number of hydrogen-bond donors (Lipinski definition) is 0. The van der Waals surface area contributed by atoms with Crippen molar-refractivity contribution in [3.63, 3.8) is 0 Å². The number of ether oxygens (including phenoxy) is 6. The van der Waals surface area contributed by atoms with Crippen LogP contribution in [0.4, 0.5) is 0 Å². The van der Waals surface area contributed by atoms with Crippen LogP contribution in [0.2, 0.25) is 49.9 Å². The first-order valence-corrected chi connectivity index (χ1v) is 48.5. The van der Waals surface area contributed by atoms with Crippen LogP contribution in [-0.4, -0.2) is 100 Å². The van der Waals surface area contributed by atoms with Crippen molar-refractivity contribution in [2.24, 2.45) is 53.3 Å². The predicted octanol–water partition coefficient (Wildman–Crippen LogP) is 23.4. The van der Waals surface area contributed by atoms with Gasteiger partial charge in [0.15, 0.2) is 0 Å². The Bertz CT molecular complexity index is 3050. The van der Waals surface area contributed by atoms with Crippen LogP contribution in [0.15, 0.2) is 147 Å². The summed E-state index contributed by atoms with van der Waals surface area (Å²) in [4.78, 5) is 15.4. The Labute approximate surface area is 713 Å². The van der Waals surface area contributed by atoms with E-state index in [1.54, 1.807) is 27.4 Å². The van der Waals surface area contributed by atoms with Gasteiger partial charge in [0.2, 0.25) is 31.5 Å². The van der Waals surface area contributed by atoms with Crippen molar-refractivity contribution in [2.75, 3.05) is 32.3 Å². The first-order chi connectivity index (χ1) is 51.4. The Kier molecular flexibility index (Phi) is 55.7. The summed E-state index contributed by atoms with van der Waals surface area (Å²) in [6.45, 7) is 88.1. The second-order valence-corrected chi connectivity index (χ2v) is 50.5. The molecule has 0 unspecified atom stereocenters. The molecule has 0 fully saturated rings. The molecule has 0 aliphatic heterocycles. The first kappa shape index (κ1) is 108. The third kappa shape index (κ3) is 32.8. The van der Waals surface area contributed by atoms with Gasteiger partial charge in [0, 0.05) is 46.4 Å². The van der Waals surface area contributed by atoms with Gasteiger partial charge in [-0.2, -0.15) is 0 Å². The Hall–Kier alpha value is -3.71. The second-order valence-electron chi connectivity index (χ2n) is 33.4. The molecule has 0 saturated carbocycles. The largest absolute Gasteiger partial charge is 1.00 e. The van der Waals surface area contributed by atoms with E-state index in [0.717, 1.165) is 44.7 Å². The number of hydrogen-bond acceptors (Lipinski definition) is 11. The van der Waals surface area contributed by atoms with Crippen LogP contribution in [0.5, 0.6) is 17.2 Å². The van der Waals surface area contributed by atoms with Crippen LogP contribution in [0.25, 0.3) is 4.85 Å². The number of carbonyl (C=O) groups is 1. The van der Waals surface area contributed by atoms with Gasteiger partial charge < -0.3 is 63.2 Å². The fraction of sp³-hybridized carbons (Fsp3) is 0.645. The van der Waals surface area contributed by atoms with E-state index < -0.39 is 25.0 Å². The summed E-state index contributed by atoms with van der Waals surface area (Å²) in [5.74, 6) is 4.18. The maximum absolute atomic E-state index is 11.6. The second kappa shape index (κ2) is 56.6. The minimum atomic E-state index is -2.17. The van der Waals surface area contributed by atoms with Gasteiger partial charge in [-0.25, -0.2) is 6.57 Å². The Balaban J connectivity index is 0. The molecule has 0 bridgehead atoms. The molecule has 3 rings (SSSR count). The van der Waals surface area contributed by atoms with Crippen molar-refractivity contribution in [1.82, 2.24) is 0 Å². The fourth-order valence-corrected chi connectivity index (χ4v) is 35.2. The van der Waals surface area contributed by atoms with Crippen molar-refractivity contribution in [3.05, 3.63) is 182 Å². The van der Waals surface area contributed by atoms with Crippen LogP contribution in [-0.2, 0) is 52.1 Å². The molecule has 0 radical (unpaired) electrons. The van der Waals surface area contributed by atoms with E-state index in [4.69, 9.17) is 60.1 Å². The monoisotopic (exact) mass is 1690 g/mol. The molecular formula is C93H154IN2NaO10Si3. The maximum atomic E-state index is 11.6. The molecule has 12 nitrogen and oxygen atoms in total. The number of rotatable bonds is 49. The molecule has 3 aromatic rings. The van der Waals surface area contributed by atoms with E-state index in [-0.39, 0.29) is 114 Å². The summed E-state index contributed by atoms with van der Waals surface area (Å²) < 4.78 is 59.2. The average molecular weight is 1690 g/mol. The zero-order valence-electron chi connectivity index (χ0n) is 74.8. The number of nitrogens with zero attached hydrogens (tertiary/aromatic N) is 2. The molecule has 0 spiro atoms. The zero-order valence-corrected chi connectivity index (χ0v) is 81.9. The molecule has 0 aliphatic carbocycles. The number of aldehydes is 1. The summed E-state index contributed by atoms with van der Waals surface area (Å²) in [6, 6.07) is 24.2. The first-order valence-electron chi connectivity index (χ1n) is 40.6. The summed E-state index contributed by atoms with van der Waals surface area (Å²) >= 11 is 2.52. The number of benzene rings is 3. The molecule has 17 heteroatoms. The van der Waals surface area contributed by atoms with Crippen LogP contribution in [0.1, 0.15) is 210 Å². The molecule has 0 aromatic heterocycles. The Morgan fingerprint density at radius 1 is 0.391 bits per heavy atom. The standard InChI is InChI=1S/C31H51NO3Si.C31H52O4Si.C30H51IO3Si.CN.Na/c1-13-14-15-25(8)30(34-21-28-16-18-29(33-12)19-17-28)27(10)31(26(9)20-32-11)35-36(22(2)3,23(4)5)24(6)7;1-12-13-14-25(8)30(34-21-28-15-17-29(33-11)18-16-28)27(10)31(26(9)19-20-32)35-36(22(2)3,23(4)5)24(6)7;1-12-13-14-24(8)29(33-20-27-15-17-28(32-11)18-16-27)26(10)30(25(9)19-31)34-35(21(2)3,22(4)5)23(6)7;1-2;/h13-19,22-27,30-31H,1,20-21H2,2-10,12H3;12-18,20,22-27,30-31H,1,19,21H2,2-11H3;12-18,21-26,29-30H,1,19-20H2,2-11H3;;/q;;;-1;+1/b15-14-;2*14-13-;;/t2*25-,26-,27+,30-,31+;24-,25-,26+,29-,30+;;/m000../s1. The molecule has 616 valence electrons. The summed E-state index contributed by atoms with van der Waals surface area (Å²) in [5.41, 5.74) is 7.83. The van der Waals surface area contributed by atoms with E-state index in [9.17, 15) is 4.79 Å². The third-order valence-electron chi connectivity index (χ3n) is 23.0. The van der Waals surface area contributed by atoms with Gasteiger partial charge in [0.05, 0.1) is 83.7 Å². The van der Waals surface area contributed by atoms with Gasteiger partial charge in [-0.15, -0.1) is 0 Å². The molecule has 0 heterocycles. The van der Waals surface area contributed by atoms with Crippen molar-refractivity contribution in [1.29, 1.82) is 5.26 Å². The fourth-order valence-electron chi connectivity index (χ4n) is 17.5. The average Bonchev–Trinajstić information content (AvgIpc) is 0.793. The van der Waals surface area contributed by atoms with Crippen molar-refractivity contribution >= 4 is 53.8 Å². The third-order valence-corrected chi connectivity index (χ3v) is 42.7. The van der Waals surface area contributed by atoms with E-state index >= 15 is 0 Å². The maximum Gasteiger partial charge on any atom is 1.00 e. The van der Waals surface area contributed by atoms with Crippen LogP contribution < -0.4 is 43.8 Å². The van der Waals surface area contributed by atoms with Gasteiger partial charge in [0.1, 0.15) is 23.5 Å². The molecule has 0 saturated heterocycles. The zero-order chi connectivity index (χ0) is 83.7. The Morgan fingerprint density at radius 3 is 0.809 bits per heavy atom. The molecule has 15 atom stereocenters. The number of allylic oxidation sites excluding steroid dienone is 6. The van der Waals surface area contributed by atoms with Gasteiger partial charge in [-0.05, 0) is 115 Å². The minimum Gasteiger partial charge on any atom is -0.512 e. The topological polar surface area (TPSA) is 128 Å². The summed E-state index contributed by atoms with van der Waals surface area (Å²) in [6.07, 6.45) is 19.4. The van der Waals surface area contributed by atoms with Crippen molar-refractivity contribution in [2.45, 2.75) is 300 Å². The van der Waals surface area contributed by atoms with Crippen molar-refractivity contribution < 1.29 is 76.1 Å². The van der Waals surface area contributed by atoms with Gasteiger partial charge in [0.25, 0.3) is 0 Å². The number of halogens is 1. The van der Waals surface area contributed by atoms with Gasteiger partial charge >= 0.3 is 29.6 Å². The normalized spacial score (nSPS) is 16.4. The molecule has 0 amide bonds. The number of methoxy groups -OCH3 is 3. The van der Waals surface area contributed by atoms with E-state index in [1.165, 1.54) is 0 Å². The molecule has 110 heavy (non-hydrogen) atoms. The molecular weight excluding hydrogens is 1540 g/mol. The molecule has 3 aromatic carbocycles. The number of alkyl halides is 1. The van der Waals surface area contributed by atoms with Crippen LogP contribution in [0.3, 0.4) is 0 Å². The SMILES string of the molecule is C=C/C=C\[C@H](C)[C@H](OCc1ccc(OC)cc1)[C@@H](C)[C@H](O[Si](C(C)C)(C(C)C)C(C)C)[C@@H](C)CC=O.C=C/C=C\[C@H](C)[C@H](OCc1ccc(OC)cc1)[C@@H](C)[C@H](O[Si](C(C)C)(C(C)C)C(C)C)[C@@H](C)CI.[C-]#N.[C-]#[N+]C[C@H](C)[C@@H](O[Si](C(C)C)(C(C)C)C(C)C)[C@H](C)[C@@H](OCc1ccc(OC)cc1)[C@@H](C)/C=C\C=C.[Na+]. The number of carbonyl (C=O) groups excluding carboxylic acids is 1. The van der Waals surface area contributed by atoms with Crippen LogP contribution >= 0.6 is 22.6 Å². The quantitative estimate of drug-likeness (QED) is 0.0134. The van der Waals surface area contributed by atoms with Crippen molar-refractivity contribution in [3.8, 4) is 17.2 Å². The van der Waals surface area contributed by atoms with Crippen LogP contribution in [0, 0.1) is 71.7 Å². The van der Waals surface area contributed by atoms with E-state index in [2.05, 4.69) is 277 Å². The minimum absolute atomic E-state index is 0. The summed E-state index contributed by atoms with van der Waals surface area (Å²) in [7, 11) is -1.32. The van der Waals surface area contributed by atoms with Gasteiger partial charge in [-0.3, -0.25) is 0 Å².